The molecule has 0 atom stereocenters. The Morgan fingerprint density at radius 1 is 1.11 bits per heavy atom. The van der Waals surface area contributed by atoms with Crippen molar-refractivity contribution >= 4 is 23.3 Å². The molecule has 0 heterocycles. The van der Waals surface area contributed by atoms with Gasteiger partial charge in [-0.05, 0) is 24.3 Å². The van der Waals surface area contributed by atoms with E-state index in [1.807, 2.05) is 0 Å². The largest absolute Gasteiger partial charge is 0.481 e. The average molecular weight is 249 g/mol. The van der Waals surface area contributed by atoms with Crippen molar-refractivity contribution in [1.29, 1.82) is 0 Å². The first kappa shape index (κ1) is 13.9. The van der Waals surface area contributed by atoms with Crippen molar-refractivity contribution < 1.29 is 19.5 Å². The smallest absolute Gasteiger partial charge is 0.303 e. The molecule has 18 heavy (non-hydrogen) atoms. The summed E-state index contributed by atoms with van der Waals surface area (Å²) in [5.74, 6) is -1.32. The van der Waals surface area contributed by atoms with Crippen LogP contribution in [0.1, 0.15) is 36.5 Å². The van der Waals surface area contributed by atoms with Gasteiger partial charge in [-0.2, -0.15) is 0 Å². The number of rotatable bonds is 6. The van der Waals surface area contributed by atoms with Gasteiger partial charge in [0, 0.05) is 24.1 Å². The monoisotopic (exact) mass is 249 g/mol. The molecule has 1 rings (SSSR count). The number of hydrogen-bond acceptors (Lipinski definition) is 3. The predicted octanol–water partition coefficient (Wildman–Crippen LogP) is 2.08. The summed E-state index contributed by atoms with van der Waals surface area (Å²) in [6, 6.07) is 6.53. The fourth-order valence-corrected chi connectivity index (χ4v) is 1.39. The molecule has 96 valence electrons. The van der Waals surface area contributed by atoms with E-state index in [0.717, 1.165) is 0 Å². The number of carbonyl (C=O) groups excluding carboxylic acids is 2. The van der Waals surface area contributed by atoms with Gasteiger partial charge in [-0.3, -0.25) is 14.4 Å². The molecular formula is C13H15NO4. The highest BCUT2D eigenvalue weighted by molar-refractivity contribution is 5.97. The minimum atomic E-state index is -1.01. The van der Waals surface area contributed by atoms with Crippen LogP contribution in [0.2, 0.25) is 0 Å². The van der Waals surface area contributed by atoms with E-state index in [4.69, 9.17) is 5.11 Å². The highest BCUT2D eigenvalue weighted by atomic mass is 16.4. The number of ketones is 1. The quantitative estimate of drug-likeness (QED) is 0.756. The summed E-state index contributed by atoms with van der Waals surface area (Å²) in [5, 5.41) is 11.0. The zero-order valence-electron chi connectivity index (χ0n) is 10.1. The SMILES string of the molecule is CCC(=O)c1ccc(NC(=O)CCC(=O)O)cc1. The Labute approximate surface area is 105 Å². The number of nitrogens with one attached hydrogen (secondary N) is 1. The second-order valence-corrected chi connectivity index (χ2v) is 3.80. The van der Waals surface area contributed by atoms with Gasteiger partial charge in [0.05, 0.1) is 6.42 Å². The van der Waals surface area contributed by atoms with Crippen LogP contribution in [0.15, 0.2) is 24.3 Å². The molecule has 2 N–H and O–H groups in total. The summed E-state index contributed by atoms with van der Waals surface area (Å²) < 4.78 is 0. The molecule has 1 aromatic carbocycles. The molecule has 5 heteroatoms. The number of aliphatic carboxylic acids is 1. The van der Waals surface area contributed by atoms with Crippen LogP contribution in [-0.4, -0.2) is 22.8 Å². The van der Waals surface area contributed by atoms with Crippen molar-refractivity contribution in [2.45, 2.75) is 26.2 Å². The van der Waals surface area contributed by atoms with E-state index in [0.29, 0.717) is 17.7 Å². The molecule has 0 aliphatic carbocycles. The number of anilines is 1. The number of carboxylic acid groups (broad SMARTS) is 1. The fourth-order valence-electron chi connectivity index (χ4n) is 1.39. The second kappa shape index (κ2) is 6.54. The molecule has 0 aromatic heterocycles. The molecule has 1 aromatic rings. The number of benzene rings is 1. The molecule has 0 aliphatic heterocycles. The number of carbonyl (C=O) groups is 3. The van der Waals surface area contributed by atoms with Crippen LogP contribution in [0.3, 0.4) is 0 Å². The Kier molecular flexibility index (Phi) is 5.05. The molecule has 0 radical (unpaired) electrons. The summed E-state index contributed by atoms with van der Waals surface area (Å²) in [6.45, 7) is 1.78. The van der Waals surface area contributed by atoms with Gasteiger partial charge in [-0.25, -0.2) is 0 Å². The van der Waals surface area contributed by atoms with Crippen LogP contribution in [0.25, 0.3) is 0 Å². The number of amides is 1. The Morgan fingerprint density at radius 3 is 2.22 bits per heavy atom. The highest BCUT2D eigenvalue weighted by Crippen LogP contribution is 2.11. The number of carboxylic acids is 1. The molecule has 0 unspecified atom stereocenters. The summed E-state index contributed by atoms with van der Waals surface area (Å²) in [7, 11) is 0. The van der Waals surface area contributed by atoms with E-state index in [9.17, 15) is 14.4 Å². The van der Waals surface area contributed by atoms with Gasteiger partial charge in [0.25, 0.3) is 0 Å². The van der Waals surface area contributed by atoms with Gasteiger partial charge in [0.2, 0.25) is 5.91 Å². The first-order valence-corrected chi connectivity index (χ1v) is 5.68. The maximum Gasteiger partial charge on any atom is 0.303 e. The van der Waals surface area contributed by atoms with E-state index in [1.54, 1.807) is 31.2 Å². The standard InChI is InChI=1S/C13H15NO4/c1-2-11(15)9-3-5-10(6-4-9)14-12(16)7-8-13(17)18/h3-6H,2,7-8H2,1H3,(H,14,16)(H,17,18). The summed E-state index contributed by atoms with van der Waals surface area (Å²) in [4.78, 5) is 33.0. The molecule has 5 nitrogen and oxygen atoms in total. The highest BCUT2D eigenvalue weighted by Gasteiger charge is 2.07. The first-order valence-electron chi connectivity index (χ1n) is 5.68. The molecule has 0 saturated heterocycles. The number of hydrogen-bond donors (Lipinski definition) is 2. The van der Waals surface area contributed by atoms with E-state index in [2.05, 4.69) is 5.32 Å². The molecular weight excluding hydrogens is 234 g/mol. The lowest BCUT2D eigenvalue weighted by Crippen LogP contribution is -2.13. The van der Waals surface area contributed by atoms with Gasteiger partial charge in [-0.1, -0.05) is 6.92 Å². The van der Waals surface area contributed by atoms with Crippen molar-refractivity contribution in [2.75, 3.05) is 5.32 Å². The summed E-state index contributed by atoms with van der Waals surface area (Å²) >= 11 is 0. The molecule has 1 amide bonds. The predicted molar refractivity (Wildman–Crippen MR) is 66.6 cm³/mol. The van der Waals surface area contributed by atoms with E-state index >= 15 is 0 Å². The van der Waals surface area contributed by atoms with Crippen molar-refractivity contribution in [1.82, 2.24) is 0 Å². The van der Waals surface area contributed by atoms with Gasteiger partial charge in [0.1, 0.15) is 0 Å². The summed E-state index contributed by atoms with van der Waals surface area (Å²) in [5.41, 5.74) is 1.15. The zero-order valence-corrected chi connectivity index (χ0v) is 10.1. The number of Topliss-reactive ketones (excluding diaryl/α,β-unsaturated/α-hetero) is 1. The van der Waals surface area contributed by atoms with Gasteiger partial charge in [-0.15, -0.1) is 0 Å². The molecule has 0 saturated carbocycles. The molecule has 0 bridgehead atoms. The lowest BCUT2D eigenvalue weighted by atomic mass is 10.1. The first-order chi connectivity index (χ1) is 8.52. The Hall–Kier alpha value is -2.17. The van der Waals surface area contributed by atoms with Crippen LogP contribution in [0.4, 0.5) is 5.69 Å². The van der Waals surface area contributed by atoms with E-state index < -0.39 is 5.97 Å². The third kappa shape index (κ3) is 4.37. The van der Waals surface area contributed by atoms with Crippen molar-refractivity contribution in [2.24, 2.45) is 0 Å². The minimum Gasteiger partial charge on any atom is -0.481 e. The maximum atomic E-state index is 11.4. The van der Waals surface area contributed by atoms with E-state index in [1.165, 1.54) is 0 Å². The Bertz CT molecular complexity index is 451. The van der Waals surface area contributed by atoms with Gasteiger partial charge >= 0.3 is 5.97 Å². The zero-order chi connectivity index (χ0) is 13.5. The van der Waals surface area contributed by atoms with Crippen molar-refractivity contribution in [3.63, 3.8) is 0 Å². The second-order valence-electron chi connectivity index (χ2n) is 3.80. The van der Waals surface area contributed by atoms with Crippen LogP contribution in [0.5, 0.6) is 0 Å². The van der Waals surface area contributed by atoms with Crippen molar-refractivity contribution in [3.05, 3.63) is 29.8 Å². The average Bonchev–Trinajstić information content (AvgIpc) is 2.36. The molecule has 0 aliphatic rings. The minimum absolute atomic E-state index is 0.0405. The normalized spacial score (nSPS) is 9.83. The molecule has 0 fully saturated rings. The van der Waals surface area contributed by atoms with Gasteiger partial charge in [0.15, 0.2) is 5.78 Å². The lowest BCUT2D eigenvalue weighted by Gasteiger charge is -2.05. The van der Waals surface area contributed by atoms with Crippen molar-refractivity contribution in [3.8, 4) is 0 Å². The van der Waals surface area contributed by atoms with Crippen LogP contribution in [-0.2, 0) is 9.59 Å². The topological polar surface area (TPSA) is 83.5 Å². The van der Waals surface area contributed by atoms with E-state index in [-0.39, 0.29) is 24.5 Å². The van der Waals surface area contributed by atoms with Gasteiger partial charge < -0.3 is 10.4 Å². The maximum absolute atomic E-state index is 11.4. The third-order valence-electron chi connectivity index (χ3n) is 2.38. The lowest BCUT2D eigenvalue weighted by molar-refractivity contribution is -0.138. The van der Waals surface area contributed by atoms with Crippen LogP contribution < -0.4 is 5.32 Å². The summed E-state index contributed by atoms with van der Waals surface area (Å²) in [6.07, 6.45) is 0.174. The fraction of sp³-hybridized carbons (Fsp3) is 0.308. The Balaban J connectivity index is 2.55. The van der Waals surface area contributed by atoms with Crippen LogP contribution >= 0.6 is 0 Å². The Morgan fingerprint density at radius 2 is 1.72 bits per heavy atom. The third-order valence-corrected chi connectivity index (χ3v) is 2.38. The van der Waals surface area contributed by atoms with Crippen LogP contribution in [0, 0.1) is 0 Å². The molecule has 0 spiro atoms.